The van der Waals surface area contributed by atoms with Crippen LogP contribution in [0.15, 0.2) is 54.6 Å². The minimum absolute atomic E-state index is 0.0141. The van der Waals surface area contributed by atoms with Crippen LogP contribution in [0.4, 0.5) is 0 Å². The standard InChI is InChI=1S/C27H35N5O9S/c1-42(40,41)12-11-21(27(38)39)32-26(37)22(14-17-5-3-2-4-6-17)31-24(35)16-29-23(34)15-30-25(36)20(28)13-18-7-9-19(33)10-8-18/h2-10,20-22,33H,11-16,28H2,1H3,(H,29,34)(H,30,36)(H,31,35)(H,32,37)(H,38,39)/t20-,21-,22-/m0/s1. The quantitative estimate of drug-likeness (QED) is 0.114. The van der Waals surface area contributed by atoms with E-state index in [1.807, 2.05) is 0 Å². The number of nitrogens with two attached hydrogens (primary N) is 1. The Hall–Kier alpha value is -4.50. The van der Waals surface area contributed by atoms with Crippen LogP contribution in [-0.2, 0) is 46.7 Å². The lowest BCUT2D eigenvalue weighted by Crippen LogP contribution is -2.54. The third-order valence-corrected chi connectivity index (χ3v) is 6.90. The van der Waals surface area contributed by atoms with Gasteiger partial charge in [0, 0.05) is 12.7 Å². The van der Waals surface area contributed by atoms with Crippen LogP contribution in [0, 0.1) is 0 Å². The lowest BCUT2D eigenvalue weighted by molar-refractivity contribution is -0.142. The van der Waals surface area contributed by atoms with Crippen LogP contribution in [0.1, 0.15) is 17.5 Å². The second-order valence-corrected chi connectivity index (χ2v) is 11.9. The Balaban J connectivity index is 1.91. The average molecular weight is 606 g/mol. The van der Waals surface area contributed by atoms with Crippen molar-refractivity contribution in [2.75, 3.05) is 25.1 Å². The summed E-state index contributed by atoms with van der Waals surface area (Å²) in [7, 11) is -3.49. The van der Waals surface area contributed by atoms with E-state index in [4.69, 9.17) is 5.73 Å². The van der Waals surface area contributed by atoms with Crippen molar-refractivity contribution in [3.8, 4) is 5.75 Å². The highest BCUT2D eigenvalue weighted by Gasteiger charge is 2.27. The van der Waals surface area contributed by atoms with E-state index in [1.54, 1.807) is 42.5 Å². The molecule has 0 aromatic heterocycles. The summed E-state index contributed by atoms with van der Waals surface area (Å²) in [5.74, 6) is -4.76. The van der Waals surface area contributed by atoms with Crippen LogP contribution in [0.5, 0.6) is 5.75 Å². The van der Waals surface area contributed by atoms with Gasteiger partial charge in [-0.3, -0.25) is 19.2 Å². The zero-order valence-electron chi connectivity index (χ0n) is 22.9. The summed E-state index contributed by atoms with van der Waals surface area (Å²) < 4.78 is 22.9. The molecule has 0 aliphatic rings. The Labute approximate surface area is 243 Å². The number of carboxylic acids is 1. The van der Waals surface area contributed by atoms with Gasteiger partial charge < -0.3 is 37.2 Å². The zero-order chi connectivity index (χ0) is 31.3. The van der Waals surface area contributed by atoms with Crippen LogP contribution >= 0.6 is 0 Å². The Kier molecular flexibility index (Phi) is 12.9. The molecular formula is C27H35N5O9S. The van der Waals surface area contributed by atoms with Gasteiger partial charge >= 0.3 is 5.97 Å². The lowest BCUT2D eigenvalue weighted by Gasteiger charge is -2.22. The maximum absolute atomic E-state index is 13.0. The van der Waals surface area contributed by atoms with Gasteiger partial charge in [0.25, 0.3) is 0 Å². The summed E-state index contributed by atoms with van der Waals surface area (Å²) in [6, 6.07) is 11.0. The first-order valence-corrected chi connectivity index (χ1v) is 14.9. The summed E-state index contributed by atoms with van der Waals surface area (Å²) >= 11 is 0. The van der Waals surface area contributed by atoms with Crippen molar-refractivity contribution in [3.05, 3.63) is 65.7 Å². The van der Waals surface area contributed by atoms with Gasteiger partial charge in [0.15, 0.2) is 0 Å². The fraction of sp³-hybridized carbons (Fsp3) is 0.370. The third-order valence-electron chi connectivity index (χ3n) is 5.92. The number of phenolic OH excluding ortho intramolecular Hbond substituents is 1. The number of phenols is 1. The monoisotopic (exact) mass is 605 g/mol. The molecule has 8 N–H and O–H groups in total. The minimum Gasteiger partial charge on any atom is -0.508 e. The Bertz CT molecular complexity index is 1350. The lowest BCUT2D eigenvalue weighted by atomic mass is 10.0. The second-order valence-electron chi connectivity index (χ2n) is 9.60. The maximum atomic E-state index is 13.0. The summed E-state index contributed by atoms with van der Waals surface area (Å²) in [4.78, 5) is 61.5. The zero-order valence-corrected chi connectivity index (χ0v) is 23.7. The number of carbonyl (C=O) groups excluding carboxylic acids is 4. The molecule has 0 saturated carbocycles. The molecule has 3 atom stereocenters. The summed E-state index contributed by atoms with van der Waals surface area (Å²) in [6.45, 7) is -1.02. The molecule has 0 spiro atoms. The van der Waals surface area contributed by atoms with E-state index in [1.165, 1.54) is 12.1 Å². The minimum atomic E-state index is -3.49. The fourth-order valence-corrected chi connectivity index (χ4v) is 4.35. The number of nitrogens with one attached hydrogen (secondary N) is 4. The smallest absolute Gasteiger partial charge is 0.326 e. The highest BCUT2D eigenvalue weighted by Crippen LogP contribution is 2.11. The van der Waals surface area contributed by atoms with E-state index in [0.29, 0.717) is 11.1 Å². The van der Waals surface area contributed by atoms with Crippen molar-refractivity contribution >= 4 is 39.4 Å². The molecule has 0 heterocycles. The van der Waals surface area contributed by atoms with Gasteiger partial charge in [0.1, 0.15) is 27.7 Å². The molecule has 228 valence electrons. The van der Waals surface area contributed by atoms with Crippen LogP contribution in [0.2, 0.25) is 0 Å². The topological polar surface area (TPSA) is 234 Å². The van der Waals surface area contributed by atoms with Crippen molar-refractivity contribution in [2.45, 2.75) is 37.4 Å². The highest BCUT2D eigenvalue weighted by atomic mass is 32.2. The van der Waals surface area contributed by atoms with Crippen molar-refractivity contribution in [3.63, 3.8) is 0 Å². The van der Waals surface area contributed by atoms with Crippen molar-refractivity contribution in [2.24, 2.45) is 5.73 Å². The number of amides is 4. The van der Waals surface area contributed by atoms with E-state index >= 15 is 0 Å². The molecule has 0 fully saturated rings. The van der Waals surface area contributed by atoms with Crippen LogP contribution in [-0.4, -0.2) is 91.5 Å². The average Bonchev–Trinajstić information content (AvgIpc) is 2.93. The number of hydrogen-bond donors (Lipinski definition) is 7. The molecular weight excluding hydrogens is 570 g/mol. The molecule has 2 aromatic rings. The number of hydrogen-bond acceptors (Lipinski definition) is 9. The fourth-order valence-electron chi connectivity index (χ4n) is 3.68. The number of sulfone groups is 1. The Morgan fingerprint density at radius 2 is 1.38 bits per heavy atom. The van der Waals surface area contributed by atoms with E-state index in [2.05, 4.69) is 21.3 Å². The second kappa shape index (κ2) is 16.1. The summed E-state index contributed by atoms with van der Waals surface area (Å²) in [5, 5.41) is 28.2. The first-order chi connectivity index (χ1) is 19.7. The van der Waals surface area contributed by atoms with E-state index in [-0.39, 0.29) is 25.0 Å². The van der Waals surface area contributed by atoms with Gasteiger partial charge in [-0.1, -0.05) is 42.5 Å². The van der Waals surface area contributed by atoms with E-state index < -0.39 is 76.4 Å². The summed E-state index contributed by atoms with van der Waals surface area (Å²) in [6.07, 6.45) is 0.724. The predicted molar refractivity (Wildman–Crippen MR) is 152 cm³/mol. The largest absolute Gasteiger partial charge is 0.508 e. The van der Waals surface area contributed by atoms with Crippen LogP contribution < -0.4 is 27.0 Å². The molecule has 15 heteroatoms. The molecule has 0 unspecified atom stereocenters. The molecule has 0 aliphatic heterocycles. The molecule has 0 bridgehead atoms. The van der Waals surface area contributed by atoms with Gasteiger partial charge in [0.05, 0.1) is 24.9 Å². The number of carboxylic acid groups (broad SMARTS) is 1. The molecule has 0 aliphatic carbocycles. The predicted octanol–water partition coefficient (Wildman–Crippen LogP) is -1.77. The van der Waals surface area contributed by atoms with Crippen LogP contribution in [0.25, 0.3) is 0 Å². The normalized spacial score (nSPS) is 13.2. The van der Waals surface area contributed by atoms with Gasteiger partial charge in [-0.05, 0) is 36.1 Å². The van der Waals surface area contributed by atoms with Crippen molar-refractivity contribution in [1.29, 1.82) is 0 Å². The number of aromatic hydroxyl groups is 1. The number of carbonyl (C=O) groups is 5. The third kappa shape index (κ3) is 12.8. The Morgan fingerprint density at radius 1 is 0.786 bits per heavy atom. The molecule has 0 saturated heterocycles. The first-order valence-electron chi connectivity index (χ1n) is 12.9. The maximum Gasteiger partial charge on any atom is 0.326 e. The highest BCUT2D eigenvalue weighted by molar-refractivity contribution is 7.90. The molecule has 2 aromatic carbocycles. The Morgan fingerprint density at radius 3 is 1.98 bits per heavy atom. The van der Waals surface area contributed by atoms with Gasteiger partial charge in [-0.15, -0.1) is 0 Å². The van der Waals surface area contributed by atoms with E-state index in [9.17, 15) is 42.6 Å². The molecule has 2 rings (SSSR count). The summed E-state index contributed by atoms with van der Waals surface area (Å²) in [5.41, 5.74) is 7.21. The molecule has 0 radical (unpaired) electrons. The van der Waals surface area contributed by atoms with Crippen molar-refractivity contribution in [1.82, 2.24) is 21.3 Å². The first kappa shape index (κ1) is 33.7. The van der Waals surface area contributed by atoms with Crippen LogP contribution in [0.3, 0.4) is 0 Å². The number of rotatable bonds is 16. The number of aliphatic carboxylic acids is 1. The SMILES string of the molecule is CS(=O)(=O)CC[C@H](NC(=O)[C@H](Cc1ccccc1)NC(=O)CNC(=O)CNC(=O)[C@@H](N)Cc1ccc(O)cc1)C(=O)O. The molecule has 14 nitrogen and oxygen atoms in total. The van der Waals surface area contributed by atoms with Gasteiger partial charge in [0.2, 0.25) is 23.6 Å². The number of benzene rings is 2. The van der Waals surface area contributed by atoms with Crippen molar-refractivity contribution < 1.29 is 42.6 Å². The molecule has 4 amide bonds. The van der Waals surface area contributed by atoms with E-state index in [0.717, 1.165) is 6.26 Å². The van der Waals surface area contributed by atoms with Gasteiger partial charge in [-0.25, -0.2) is 13.2 Å². The van der Waals surface area contributed by atoms with Gasteiger partial charge in [-0.2, -0.15) is 0 Å². The molecule has 42 heavy (non-hydrogen) atoms.